The Morgan fingerprint density at radius 3 is 2.66 bits per heavy atom. The van der Waals surface area contributed by atoms with E-state index in [9.17, 15) is 14.7 Å². The summed E-state index contributed by atoms with van der Waals surface area (Å²) in [6.45, 7) is 15.6. The molecule has 35 heavy (non-hydrogen) atoms. The third-order valence-corrected chi connectivity index (χ3v) is 8.71. The van der Waals surface area contributed by atoms with E-state index in [0.29, 0.717) is 12.8 Å². The molecular formula is C28H42N2O4S. The van der Waals surface area contributed by atoms with Crippen molar-refractivity contribution in [2.24, 2.45) is 17.3 Å². The highest BCUT2D eigenvalue weighted by Gasteiger charge is 2.54. The number of aliphatic hydroxyl groups is 1. The number of Topliss-reactive ketones (excluding diaryl/α,β-unsaturated/α-hetero) is 1. The van der Waals surface area contributed by atoms with E-state index in [1.807, 2.05) is 59.1 Å². The minimum absolute atomic E-state index is 0.000450. The normalized spacial score (nSPS) is 35.2. The maximum Gasteiger partial charge on any atom is 0.220 e. The van der Waals surface area contributed by atoms with Crippen LogP contribution in [0.2, 0.25) is 0 Å². The van der Waals surface area contributed by atoms with Gasteiger partial charge in [0.2, 0.25) is 5.91 Å². The van der Waals surface area contributed by atoms with Crippen molar-refractivity contribution in [1.29, 1.82) is 0 Å². The van der Waals surface area contributed by atoms with Gasteiger partial charge in [-0.15, -0.1) is 17.9 Å². The predicted molar refractivity (Wildman–Crippen MR) is 141 cm³/mol. The number of nitrogens with one attached hydrogen (secondary N) is 1. The molecule has 2 N–H and O–H groups in total. The van der Waals surface area contributed by atoms with E-state index in [2.05, 4.69) is 16.9 Å². The monoisotopic (exact) mass is 502 g/mol. The third kappa shape index (κ3) is 6.69. The number of rotatable bonds is 3. The van der Waals surface area contributed by atoms with E-state index in [4.69, 9.17) is 4.74 Å². The molecule has 0 bridgehead atoms. The number of thiazole rings is 1. The van der Waals surface area contributed by atoms with Crippen LogP contribution in [0.3, 0.4) is 0 Å². The van der Waals surface area contributed by atoms with Gasteiger partial charge in [0.05, 0.1) is 29.0 Å². The summed E-state index contributed by atoms with van der Waals surface area (Å²) in [5.41, 5.74) is 0.835. The molecule has 0 aromatic carbocycles. The number of hydrogen-bond acceptors (Lipinski definition) is 6. The Balaban J connectivity index is 1.84. The van der Waals surface area contributed by atoms with Crippen LogP contribution in [-0.2, 0) is 14.3 Å². The Kier molecular flexibility index (Phi) is 8.77. The third-order valence-electron chi connectivity index (χ3n) is 7.92. The van der Waals surface area contributed by atoms with E-state index in [1.165, 1.54) is 0 Å². The number of ether oxygens (including phenoxy) is 1. The first kappa shape index (κ1) is 27.8. The van der Waals surface area contributed by atoms with Crippen molar-refractivity contribution in [2.75, 3.05) is 0 Å². The number of aromatic nitrogens is 1. The summed E-state index contributed by atoms with van der Waals surface area (Å²) >= 11 is 1.60. The fourth-order valence-electron chi connectivity index (χ4n) is 5.28. The van der Waals surface area contributed by atoms with Crippen LogP contribution in [0.4, 0.5) is 0 Å². The molecule has 1 aromatic heterocycles. The smallest absolute Gasteiger partial charge is 0.220 e. The first-order chi connectivity index (χ1) is 16.4. The van der Waals surface area contributed by atoms with Gasteiger partial charge in [-0.05, 0) is 57.1 Å². The van der Waals surface area contributed by atoms with Gasteiger partial charge in [0.25, 0.3) is 0 Å². The van der Waals surface area contributed by atoms with Gasteiger partial charge in [-0.25, -0.2) is 4.98 Å². The topological polar surface area (TPSA) is 91.8 Å². The molecule has 3 heterocycles. The number of fused-ring (bicyclic) bond motifs is 1. The number of epoxide rings is 1. The second-order valence-electron chi connectivity index (χ2n) is 11.2. The first-order valence-corrected chi connectivity index (χ1v) is 13.7. The highest BCUT2D eigenvalue weighted by atomic mass is 32.1. The van der Waals surface area contributed by atoms with E-state index in [-0.39, 0.29) is 36.2 Å². The molecule has 2 aliphatic rings. The van der Waals surface area contributed by atoms with Gasteiger partial charge in [-0.1, -0.05) is 33.8 Å². The quantitative estimate of drug-likeness (QED) is 0.435. The molecule has 2 fully saturated rings. The van der Waals surface area contributed by atoms with Gasteiger partial charge < -0.3 is 15.2 Å². The van der Waals surface area contributed by atoms with Crippen molar-refractivity contribution in [2.45, 2.75) is 104 Å². The number of nitrogens with zero attached hydrogens (tertiary/aromatic N) is 1. The van der Waals surface area contributed by atoms with E-state index in [1.54, 1.807) is 11.3 Å². The van der Waals surface area contributed by atoms with Crippen LogP contribution in [0.1, 0.15) is 83.8 Å². The van der Waals surface area contributed by atoms with Gasteiger partial charge in [-0.3, -0.25) is 9.59 Å². The maximum atomic E-state index is 13.2. The molecule has 0 aliphatic carbocycles. The highest BCUT2D eigenvalue weighted by Crippen LogP contribution is 2.46. The number of amides is 1. The lowest BCUT2D eigenvalue weighted by atomic mass is 9.74. The van der Waals surface area contributed by atoms with Crippen molar-refractivity contribution >= 4 is 29.1 Å². The summed E-state index contributed by atoms with van der Waals surface area (Å²) in [6.07, 6.45) is 7.02. The summed E-state index contributed by atoms with van der Waals surface area (Å²) in [4.78, 5) is 30.8. The molecule has 6 nitrogen and oxygen atoms in total. The van der Waals surface area contributed by atoms with Crippen molar-refractivity contribution < 1.29 is 19.4 Å². The first-order valence-electron chi connectivity index (χ1n) is 12.8. The zero-order chi connectivity index (χ0) is 26.0. The highest BCUT2D eigenvalue weighted by molar-refractivity contribution is 7.09. The molecule has 7 heteroatoms. The molecule has 0 radical (unpaired) electrons. The predicted octanol–water partition coefficient (Wildman–Crippen LogP) is 5.25. The molecule has 2 saturated heterocycles. The lowest BCUT2D eigenvalue weighted by Gasteiger charge is -2.31. The van der Waals surface area contributed by atoms with E-state index in [0.717, 1.165) is 35.5 Å². The molecule has 0 spiro atoms. The Hall–Kier alpha value is -1.83. The average Bonchev–Trinajstić information content (AvgIpc) is 3.34. The van der Waals surface area contributed by atoms with Gasteiger partial charge in [0.15, 0.2) is 0 Å². The van der Waals surface area contributed by atoms with Gasteiger partial charge in [0.1, 0.15) is 11.4 Å². The van der Waals surface area contributed by atoms with Crippen molar-refractivity contribution in [1.82, 2.24) is 10.3 Å². The second kappa shape index (κ2) is 11.1. The molecule has 3 rings (SSSR count). The van der Waals surface area contributed by atoms with Crippen molar-refractivity contribution in [3.63, 3.8) is 0 Å². The van der Waals surface area contributed by atoms with Gasteiger partial charge >= 0.3 is 0 Å². The molecular weight excluding hydrogens is 460 g/mol. The number of carbonyl (C=O) groups is 2. The summed E-state index contributed by atoms with van der Waals surface area (Å²) in [6, 6.07) is -0.192. The zero-order valence-corrected chi connectivity index (χ0v) is 22.9. The maximum absolute atomic E-state index is 13.2. The molecule has 0 unspecified atom stereocenters. The molecule has 1 aromatic rings. The summed E-state index contributed by atoms with van der Waals surface area (Å²) in [5, 5.41) is 17.1. The Labute approximate surface area is 214 Å². The SMILES string of the molecule is C=C[C@@]12CCC[C@H](C)[C@H](O)[C@@H](C)C(=O)C(C)(C)CCC(=O)N[C@H](/C(C)=C/c3csc(C)n3)C[C@@H]1O2. The van der Waals surface area contributed by atoms with Gasteiger partial charge in [0, 0.05) is 29.6 Å². The molecule has 1 amide bonds. The Morgan fingerprint density at radius 1 is 1.31 bits per heavy atom. The van der Waals surface area contributed by atoms with Crippen LogP contribution in [-0.4, -0.2) is 45.6 Å². The Morgan fingerprint density at radius 2 is 2.03 bits per heavy atom. The van der Waals surface area contributed by atoms with Crippen LogP contribution >= 0.6 is 11.3 Å². The van der Waals surface area contributed by atoms with E-state index < -0.39 is 23.0 Å². The van der Waals surface area contributed by atoms with E-state index >= 15 is 0 Å². The summed E-state index contributed by atoms with van der Waals surface area (Å²) < 4.78 is 6.16. The number of ketones is 1. The van der Waals surface area contributed by atoms with Crippen molar-refractivity contribution in [3.8, 4) is 0 Å². The zero-order valence-electron chi connectivity index (χ0n) is 22.1. The number of aryl methyl sites for hydroxylation is 1. The summed E-state index contributed by atoms with van der Waals surface area (Å²) in [7, 11) is 0. The standard InChI is InChI=1S/C28H42N2O4S/c1-8-28-12-9-10-17(2)25(32)19(4)26(33)27(6,7)13-11-24(31)30-22(15-23(28)34-28)18(3)14-21-16-35-20(5)29-21/h8,14,16-17,19,22-23,25,32H,1,9-13,15H2,2-7H3,(H,30,31)/b18-14+/t17-,19+,22-,23-,25-,28+/m0/s1. The molecule has 2 aliphatic heterocycles. The van der Waals surface area contributed by atoms with Crippen LogP contribution < -0.4 is 5.32 Å². The fourth-order valence-corrected chi connectivity index (χ4v) is 5.85. The molecule has 0 saturated carbocycles. The van der Waals surface area contributed by atoms with Crippen LogP contribution in [0, 0.1) is 24.2 Å². The average molecular weight is 503 g/mol. The minimum atomic E-state index is -0.703. The van der Waals surface area contributed by atoms with Crippen LogP contribution in [0.15, 0.2) is 23.6 Å². The number of aliphatic hydroxyl groups excluding tert-OH is 1. The lowest BCUT2D eigenvalue weighted by molar-refractivity contribution is -0.136. The number of carbonyl (C=O) groups excluding carboxylic acids is 2. The lowest BCUT2D eigenvalue weighted by Crippen LogP contribution is -2.41. The molecule has 6 atom stereocenters. The van der Waals surface area contributed by atoms with Crippen molar-refractivity contribution in [3.05, 3.63) is 34.3 Å². The molecule has 194 valence electrons. The van der Waals surface area contributed by atoms with Crippen LogP contribution in [0.25, 0.3) is 6.08 Å². The largest absolute Gasteiger partial charge is 0.392 e. The second-order valence-corrected chi connectivity index (χ2v) is 12.3. The minimum Gasteiger partial charge on any atom is -0.392 e. The van der Waals surface area contributed by atoms with Gasteiger partial charge in [-0.2, -0.15) is 0 Å². The van der Waals surface area contributed by atoms with Crippen LogP contribution in [0.5, 0.6) is 0 Å². The Bertz CT molecular complexity index is 968. The number of hydrogen-bond donors (Lipinski definition) is 2. The summed E-state index contributed by atoms with van der Waals surface area (Å²) in [5.74, 6) is -0.554. The fraction of sp³-hybridized carbons (Fsp3) is 0.679.